The van der Waals surface area contributed by atoms with Gasteiger partial charge in [0.25, 0.3) is 14.3 Å². The maximum absolute atomic E-state index is 12.0. The van der Waals surface area contributed by atoms with Crippen LogP contribution in [0.3, 0.4) is 0 Å². The van der Waals surface area contributed by atoms with Crippen molar-refractivity contribution < 1.29 is 42.1 Å². The predicted octanol–water partition coefficient (Wildman–Crippen LogP) is 5.54. The lowest BCUT2D eigenvalue weighted by molar-refractivity contribution is -0.870. The SMILES string of the molecule is CCCCCCCCCCCCCCCCCC(=O)OCC(COP(=O)([O-])OCC[N+](C)(C)C)OC=O. The van der Waals surface area contributed by atoms with Crippen LogP contribution in [0.2, 0.25) is 0 Å². The highest BCUT2D eigenvalue weighted by molar-refractivity contribution is 7.45. The van der Waals surface area contributed by atoms with E-state index in [-0.39, 0.29) is 26.1 Å². The van der Waals surface area contributed by atoms with Crippen molar-refractivity contribution in [1.29, 1.82) is 0 Å². The van der Waals surface area contributed by atoms with E-state index in [2.05, 4.69) is 6.92 Å². The van der Waals surface area contributed by atoms with Crippen LogP contribution in [0.5, 0.6) is 0 Å². The fourth-order valence-corrected chi connectivity index (χ4v) is 4.47. The molecule has 0 N–H and O–H groups in total. The second kappa shape index (κ2) is 22.9. The van der Waals surface area contributed by atoms with E-state index in [9.17, 15) is 19.0 Å². The number of ether oxygens (including phenoxy) is 2. The molecule has 2 atom stereocenters. The van der Waals surface area contributed by atoms with Crippen LogP contribution in [0.25, 0.3) is 0 Å². The number of carbonyl (C=O) groups is 2. The Bertz CT molecular complexity index is 612. The number of nitrogens with zero attached hydrogens (tertiary/aromatic N) is 1. The summed E-state index contributed by atoms with van der Waals surface area (Å²) in [4.78, 5) is 34.5. The Morgan fingerprint density at radius 2 is 1.30 bits per heavy atom. The highest BCUT2D eigenvalue weighted by atomic mass is 31.2. The molecule has 0 amide bonds. The number of quaternary nitrogens is 1. The zero-order valence-electron chi connectivity index (χ0n) is 24.0. The van der Waals surface area contributed by atoms with Crippen LogP contribution in [-0.2, 0) is 32.7 Å². The molecule has 37 heavy (non-hydrogen) atoms. The van der Waals surface area contributed by atoms with Crippen LogP contribution in [0, 0.1) is 0 Å². The number of esters is 1. The van der Waals surface area contributed by atoms with Gasteiger partial charge < -0.3 is 27.9 Å². The lowest BCUT2D eigenvalue weighted by Gasteiger charge is -2.28. The van der Waals surface area contributed by atoms with E-state index in [1.54, 1.807) is 0 Å². The minimum atomic E-state index is -4.55. The van der Waals surface area contributed by atoms with Gasteiger partial charge in [-0.3, -0.25) is 14.2 Å². The van der Waals surface area contributed by atoms with Crippen LogP contribution in [-0.4, -0.2) is 70.5 Å². The van der Waals surface area contributed by atoms with Crippen molar-refractivity contribution in [3.63, 3.8) is 0 Å². The Balaban J connectivity index is 3.76. The standard InChI is InChI=1S/C27H54NO8P/c1-5-6-7-8-9-10-11-12-13-14-15-16-17-18-19-20-27(30)33-23-26(34-25-29)24-36-37(31,32)35-22-21-28(2,3)4/h25-26H,5-24H2,1-4H3. The summed E-state index contributed by atoms with van der Waals surface area (Å²) in [6.45, 7) is 2.12. The number of hydrogen-bond acceptors (Lipinski definition) is 8. The van der Waals surface area contributed by atoms with Crippen molar-refractivity contribution in [3.05, 3.63) is 0 Å². The number of phosphoric acid groups is 1. The second-order valence-electron chi connectivity index (χ2n) is 10.8. The van der Waals surface area contributed by atoms with Gasteiger partial charge in [0, 0.05) is 6.42 Å². The molecule has 0 rings (SSSR count). The van der Waals surface area contributed by atoms with Crippen LogP contribution in [0.15, 0.2) is 0 Å². The summed E-state index contributed by atoms with van der Waals surface area (Å²) in [6.07, 6.45) is 18.0. The molecule has 0 spiro atoms. The summed E-state index contributed by atoms with van der Waals surface area (Å²) in [5.41, 5.74) is 0. The normalized spacial score (nSPS) is 14.2. The van der Waals surface area contributed by atoms with Gasteiger partial charge >= 0.3 is 5.97 Å². The summed E-state index contributed by atoms with van der Waals surface area (Å²) in [5, 5.41) is 0. The van der Waals surface area contributed by atoms with Crippen LogP contribution in [0.4, 0.5) is 0 Å². The van der Waals surface area contributed by atoms with E-state index in [4.69, 9.17) is 18.5 Å². The van der Waals surface area contributed by atoms with Crippen LogP contribution >= 0.6 is 7.82 Å². The first-order chi connectivity index (χ1) is 17.6. The fraction of sp³-hybridized carbons (Fsp3) is 0.926. The molecule has 2 unspecified atom stereocenters. The van der Waals surface area contributed by atoms with E-state index in [1.807, 2.05) is 21.1 Å². The van der Waals surface area contributed by atoms with Crippen LogP contribution < -0.4 is 4.89 Å². The van der Waals surface area contributed by atoms with Crippen molar-refractivity contribution in [2.45, 2.75) is 116 Å². The lowest BCUT2D eigenvalue weighted by Crippen LogP contribution is -2.37. The number of phosphoric ester groups is 1. The number of unbranched alkanes of at least 4 members (excludes halogenated alkanes) is 14. The Morgan fingerprint density at radius 1 is 0.811 bits per heavy atom. The van der Waals surface area contributed by atoms with Gasteiger partial charge in [0.15, 0.2) is 6.10 Å². The van der Waals surface area contributed by atoms with E-state index in [0.29, 0.717) is 11.0 Å². The third-order valence-corrected chi connectivity index (χ3v) is 7.06. The summed E-state index contributed by atoms with van der Waals surface area (Å²) >= 11 is 0. The van der Waals surface area contributed by atoms with Crippen molar-refractivity contribution in [3.8, 4) is 0 Å². The molecule has 0 fully saturated rings. The number of hydrogen-bond donors (Lipinski definition) is 0. The molecule has 0 heterocycles. The predicted molar refractivity (Wildman–Crippen MR) is 144 cm³/mol. The number of carbonyl (C=O) groups excluding carboxylic acids is 2. The molecule has 0 aromatic rings. The topological polar surface area (TPSA) is 111 Å². The molecule has 0 bridgehead atoms. The first-order valence-electron chi connectivity index (χ1n) is 14.2. The van der Waals surface area contributed by atoms with E-state index < -0.39 is 26.5 Å². The molecule has 0 aliphatic carbocycles. The van der Waals surface area contributed by atoms with Gasteiger partial charge in [0.05, 0.1) is 27.7 Å². The molecule has 0 radical (unpaired) electrons. The highest BCUT2D eigenvalue weighted by Crippen LogP contribution is 2.38. The molecule has 0 aromatic heterocycles. The molecule has 0 aromatic carbocycles. The molecule has 220 valence electrons. The third kappa shape index (κ3) is 26.4. The fourth-order valence-electron chi connectivity index (χ4n) is 3.74. The van der Waals surface area contributed by atoms with Gasteiger partial charge in [-0.15, -0.1) is 0 Å². The first kappa shape index (κ1) is 36.0. The number of likely N-dealkylation sites (N-methyl/N-ethyl adjacent to an activating group) is 1. The summed E-state index contributed by atoms with van der Waals surface area (Å²) in [5.74, 6) is -0.404. The Hall–Kier alpha value is -0.990. The molecule has 10 heteroatoms. The molecule has 0 saturated heterocycles. The smallest absolute Gasteiger partial charge is 0.305 e. The molecule has 9 nitrogen and oxygen atoms in total. The van der Waals surface area contributed by atoms with Gasteiger partial charge in [0.2, 0.25) is 0 Å². The largest absolute Gasteiger partial charge is 0.756 e. The van der Waals surface area contributed by atoms with Gasteiger partial charge in [-0.2, -0.15) is 0 Å². The number of rotatable bonds is 27. The van der Waals surface area contributed by atoms with Crippen molar-refractivity contribution in [2.24, 2.45) is 0 Å². The molecular formula is C27H54NO8P. The maximum atomic E-state index is 12.0. The van der Waals surface area contributed by atoms with Crippen molar-refractivity contribution >= 4 is 20.3 Å². The quantitative estimate of drug-likeness (QED) is 0.0430. The van der Waals surface area contributed by atoms with Gasteiger partial charge in [0.1, 0.15) is 19.8 Å². The minimum absolute atomic E-state index is 0.0300. The van der Waals surface area contributed by atoms with E-state index in [1.165, 1.54) is 77.0 Å². The van der Waals surface area contributed by atoms with Gasteiger partial charge in [-0.1, -0.05) is 96.8 Å². The molecule has 0 saturated carbocycles. The zero-order valence-corrected chi connectivity index (χ0v) is 24.9. The monoisotopic (exact) mass is 551 g/mol. The van der Waals surface area contributed by atoms with E-state index >= 15 is 0 Å². The minimum Gasteiger partial charge on any atom is -0.756 e. The van der Waals surface area contributed by atoms with E-state index in [0.717, 1.165) is 19.3 Å². The van der Waals surface area contributed by atoms with Crippen LogP contribution in [0.1, 0.15) is 110 Å². The zero-order chi connectivity index (χ0) is 27.8. The maximum Gasteiger partial charge on any atom is 0.305 e. The summed E-state index contributed by atoms with van der Waals surface area (Å²) < 4.78 is 31.9. The first-order valence-corrected chi connectivity index (χ1v) is 15.7. The second-order valence-corrected chi connectivity index (χ2v) is 12.2. The third-order valence-electron chi connectivity index (χ3n) is 6.09. The lowest BCUT2D eigenvalue weighted by atomic mass is 10.0. The van der Waals surface area contributed by atoms with Crippen molar-refractivity contribution in [1.82, 2.24) is 0 Å². The Labute approximate surface area is 225 Å². The average Bonchev–Trinajstić information content (AvgIpc) is 2.82. The Morgan fingerprint density at radius 3 is 1.76 bits per heavy atom. The Kier molecular flexibility index (Phi) is 22.3. The van der Waals surface area contributed by atoms with Gasteiger partial charge in [-0.05, 0) is 6.42 Å². The summed E-state index contributed by atoms with van der Waals surface area (Å²) in [7, 11) is 1.17. The highest BCUT2D eigenvalue weighted by Gasteiger charge is 2.19. The molecule has 0 aliphatic rings. The van der Waals surface area contributed by atoms with Crippen molar-refractivity contribution in [2.75, 3.05) is 47.5 Å². The molecular weight excluding hydrogens is 497 g/mol. The average molecular weight is 552 g/mol. The molecule has 0 aliphatic heterocycles. The van der Waals surface area contributed by atoms with Gasteiger partial charge in [-0.25, -0.2) is 0 Å². The summed E-state index contributed by atoms with van der Waals surface area (Å²) in [6, 6.07) is 0.